The number of hydrogen-bond acceptors (Lipinski definition) is 2. The van der Waals surface area contributed by atoms with Crippen molar-refractivity contribution >= 4 is 10.9 Å². The molecule has 0 fully saturated rings. The summed E-state index contributed by atoms with van der Waals surface area (Å²) in [5, 5.41) is 20.3. The number of phenolic OH excluding ortho intramolecular Hbond substituents is 2. The first kappa shape index (κ1) is 12.6. The van der Waals surface area contributed by atoms with Crippen molar-refractivity contribution in [3.05, 3.63) is 48.2 Å². The zero-order chi connectivity index (χ0) is 14.3. The summed E-state index contributed by atoms with van der Waals surface area (Å²) in [6, 6.07) is 12.7. The van der Waals surface area contributed by atoms with Crippen LogP contribution in [0.5, 0.6) is 11.5 Å². The molecule has 1 aromatic heterocycles. The van der Waals surface area contributed by atoms with Gasteiger partial charge in [0.05, 0.1) is 5.52 Å². The second kappa shape index (κ2) is 4.60. The molecule has 0 aliphatic heterocycles. The largest absolute Gasteiger partial charge is 0.508 e. The van der Waals surface area contributed by atoms with Crippen LogP contribution in [0.3, 0.4) is 0 Å². The molecule has 0 bridgehead atoms. The minimum atomic E-state index is 0.268. The number of aromatic hydroxyl groups is 2. The monoisotopic (exact) mass is 267 g/mol. The third-order valence-corrected chi connectivity index (χ3v) is 3.80. The Morgan fingerprint density at radius 3 is 2.25 bits per heavy atom. The van der Waals surface area contributed by atoms with Gasteiger partial charge in [-0.05, 0) is 36.2 Å². The molecule has 0 saturated heterocycles. The van der Waals surface area contributed by atoms with E-state index in [1.165, 1.54) is 11.3 Å². The van der Waals surface area contributed by atoms with Crippen LogP contribution in [0.25, 0.3) is 22.0 Å². The summed E-state index contributed by atoms with van der Waals surface area (Å²) in [7, 11) is 2.02. The first-order valence-corrected chi connectivity index (χ1v) is 6.71. The number of fused-ring (bicyclic) bond motifs is 1. The minimum Gasteiger partial charge on any atom is -0.508 e. The Morgan fingerprint density at radius 2 is 1.60 bits per heavy atom. The van der Waals surface area contributed by atoms with Gasteiger partial charge in [-0.15, -0.1) is 0 Å². The number of benzene rings is 2. The van der Waals surface area contributed by atoms with Crippen LogP contribution in [0.1, 0.15) is 12.6 Å². The molecule has 0 aliphatic rings. The molecule has 0 atom stereocenters. The lowest BCUT2D eigenvalue weighted by atomic mass is 10.0. The van der Waals surface area contributed by atoms with Crippen LogP contribution in [-0.2, 0) is 13.5 Å². The van der Waals surface area contributed by atoms with Crippen LogP contribution >= 0.6 is 0 Å². The van der Waals surface area contributed by atoms with Crippen molar-refractivity contribution in [2.75, 3.05) is 0 Å². The third kappa shape index (κ3) is 1.83. The van der Waals surface area contributed by atoms with Gasteiger partial charge in [-0.3, -0.25) is 0 Å². The van der Waals surface area contributed by atoms with Crippen molar-refractivity contribution in [3.63, 3.8) is 0 Å². The summed E-state index contributed by atoms with van der Waals surface area (Å²) in [5.74, 6) is 0.544. The fraction of sp³-hybridized carbons (Fsp3) is 0.176. The number of aryl methyl sites for hydroxylation is 1. The summed E-state index contributed by atoms with van der Waals surface area (Å²) in [5.41, 5.74) is 4.49. The van der Waals surface area contributed by atoms with Gasteiger partial charge in [-0.25, -0.2) is 0 Å². The van der Waals surface area contributed by atoms with Crippen molar-refractivity contribution < 1.29 is 10.2 Å². The standard InChI is InChI=1S/C17H17NO2/c1-3-15-17(11-4-6-12(19)7-5-11)14-9-8-13(20)10-16(14)18(15)2/h4-10,19-20H,3H2,1-2H3. The highest BCUT2D eigenvalue weighted by molar-refractivity contribution is 5.98. The van der Waals surface area contributed by atoms with Gasteiger partial charge in [0, 0.05) is 29.8 Å². The van der Waals surface area contributed by atoms with Gasteiger partial charge >= 0.3 is 0 Å². The summed E-state index contributed by atoms with van der Waals surface area (Å²) in [6.07, 6.45) is 0.905. The van der Waals surface area contributed by atoms with Crippen LogP contribution in [0.15, 0.2) is 42.5 Å². The topological polar surface area (TPSA) is 45.4 Å². The van der Waals surface area contributed by atoms with E-state index in [2.05, 4.69) is 11.5 Å². The number of nitrogens with zero attached hydrogens (tertiary/aromatic N) is 1. The average Bonchev–Trinajstić information content (AvgIpc) is 2.72. The van der Waals surface area contributed by atoms with Gasteiger partial charge in [0.2, 0.25) is 0 Å². The van der Waals surface area contributed by atoms with E-state index in [-0.39, 0.29) is 11.5 Å². The number of rotatable bonds is 2. The zero-order valence-corrected chi connectivity index (χ0v) is 11.6. The number of phenols is 2. The summed E-state index contributed by atoms with van der Waals surface area (Å²) >= 11 is 0. The first-order valence-electron chi connectivity index (χ1n) is 6.71. The lowest BCUT2D eigenvalue weighted by Crippen LogP contribution is -1.95. The van der Waals surface area contributed by atoms with Gasteiger partial charge in [0.15, 0.2) is 0 Å². The highest BCUT2D eigenvalue weighted by Crippen LogP contribution is 2.36. The maximum absolute atomic E-state index is 9.69. The fourth-order valence-corrected chi connectivity index (χ4v) is 2.84. The molecule has 2 N–H and O–H groups in total. The number of aromatic nitrogens is 1. The van der Waals surface area contributed by atoms with Crippen molar-refractivity contribution in [3.8, 4) is 22.6 Å². The Morgan fingerprint density at radius 1 is 0.950 bits per heavy atom. The molecule has 20 heavy (non-hydrogen) atoms. The predicted octanol–water partition coefficient (Wildman–Crippen LogP) is 3.82. The van der Waals surface area contributed by atoms with Crippen molar-refractivity contribution in [2.24, 2.45) is 7.05 Å². The van der Waals surface area contributed by atoms with Crippen LogP contribution in [0.4, 0.5) is 0 Å². The van der Waals surface area contributed by atoms with E-state index in [9.17, 15) is 10.2 Å². The van der Waals surface area contributed by atoms with E-state index >= 15 is 0 Å². The summed E-state index contributed by atoms with van der Waals surface area (Å²) in [6.45, 7) is 2.12. The Hall–Kier alpha value is -2.42. The van der Waals surface area contributed by atoms with Crippen LogP contribution in [-0.4, -0.2) is 14.8 Å². The molecule has 3 rings (SSSR count). The molecule has 1 heterocycles. The van der Waals surface area contributed by atoms with Gasteiger partial charge in [0.25, 0.3) is 0 Å². The molecule has 2 aromatic carbocycles. The Labute approximate surface area is 117 Å². The van der Waals surface area contributed by atoms with Gasteiger partial charge < -0.3 is 14.8 Å². The molecule has 0 spiro atoms. The van der Waals surface area contributed by atoms with E-state index in [1.54, 1.807) is 24.3 Å². The van der Waals surface area contributed by atoms with Gasteiger partial charge in [-0.1, -0.05) is 19.1 Å². The maximum Gasteiger partial charge on any atom is 0.117 e. The van der Waals surface area contributed by atoms with Crippen LogP contribution < -0.4 is 0 Å². The molecule has 3 aromatic rings. The molecule has 0 aliphatic carbocycles. The van der Waals surface area contributed by atoms with Crippen LogP contribution in [0.2, 0.25) is 0 Å². The van der Waals surface area contributed by atoms with Crippen LogP contribution in [0, 0.1) is 0 Å². The molecule has 3 nitrogen and oxygen atoms in total. The molecular weight excluding hydrogens is 250 g/mol. The summed E-state index contributed by atoms with van der Waals surface area (Å²) < 4.78 is 2.12. The van der Waals surface area contributed by atoms with E-state index in [0.717, 1.165) is 22.9 Å². The molecule has 102 valence electrons. The molecule has 0 radical (unpaired) electrons. The highest BCUT2D eigenvalue weighted by atomic mass is 16.3. The average molecular weight is 267 g/mol. The highest BCUT2D eigenvalue weighted by Gasteiger charge is 2.15. The Bertz CT molecular complexity index is 770. The number of hydrogen-bond donors (Lipinski definition) is 2. The quantitative estimate of drug-likeness (QED) is 0.741. The SMILES string of the molecule is CCc1c(-c2ccc(O)cc2)c2ccc(O)cc2n1C. The van der Waals surface area contributed by atoms with E-state index in [0.29, 0.717) is 0 Å². The van der Waals surface area contributed by atoms with Crippen molar-refractivity contribution in [1.29, 1.82) is 0 Å². The third-order valence-electron chi connectivity index (χ3n) is 3.80. The lowest BCUT2D eigenvalue weighted by molar-refractivity contribution is 0.475. The van der Waals surface area contributed by atoms with E-state index in [4.69, 9.17) is 0 Å². The predicted molar refractivity (Wildman–Crippen MR) is 81.1 cm³/mol. The molecule has 3 heteroatoms. The minimum absolute atomic E-state index is 0.268. The molecule has 0 saturated carbocycles. The smallest absolute Gasteiger partial charge is 0.117 e. The Kier molecular flexibility index (Phi) is 2.90. The van der Waals surface area contributed by atoms with Gasteiger partial charge in [-0.2, -0.15) is 0 Å². The second-order valence-electron chi connectivity index (χ2n) is 4.98. The molecule has 0 unspecified atom stereocenters. The Balaban J connectivity index is 2.36. The fourth-order valence-electron chi connectivity index (χ4n) is 2.84. The lowest BCUT2D eigenvalue weighted by Gasteiger charge is -2.06. The zero-order valence-electron chi connectivity index (χ0n) is 11.6. The molecule has 0 amide bonds. The second-order valence-corrected chi connectivity index (χ2v) is 4.98. The van der Waals surface area contributed by atoms with Gasteiger partial charge in [0.1, 0.15) is 11.5 Å². The van der Waals surface area contributed by atoms with Crippen molar-refractivity contribution in [1.82, 2.24) is 4.57 Å². The maximum atomic E-state index is 9.69. The van der Waals surface area contributed by atoms with E-state index < -0.39 is 0 Å². The van der Waals surface area contributed by atoms with E-state index in [1.807, 2.05) is 25.2 Å². The first-order chi connectivity index (χ1) is 9.61. The van der Waals surface area contributed by atoms with Crippen molar-refractivity contribution in [2.45, 2.75) is 13.3 Å². The molecular formula is C17H17NO2. The normalized spacial score (nSPS) is 11.1. The summed E-state index contributed by atoms with van der Waals surface area (Å²) in [4.78, 5) is 0.